The number of carbonyl (C=O) groups is 1. The maximum atomic E-state index is 13.5. The van der Waals surface area contributed by atoms with Crippen molar-refractivity contribution in [2.24, 2.45) is 11.8 Å². The summed E-state index contributed by atoms with van der Waals surface area (Å²) in [5.41, 5.74) is -0.742. The molecule has 190 valence electrons. The quantitative estimate of drug-likeness (QED) is 0.363. The first-order valence-electron chi connectivity index (χ1n) is 11.6. The molecule has 0 radical (unpaired) electrons. The SMILES string of the molecule is CC(CO)NCC1(O)C2CC[C@H]1CC(Sc1cc(C(=O)Nc3cc(F)c(F)c(F)c3)ccc1Cl)C2. The van der Waals surface area contributed by atoms with Crippen molar-refractivity contribution in [2.75, 3.05) is 18.5 Å². The number of hydrogen-bond acceptors (Lipinski definition) is 5. The molecule has 2 fully saturated rings. The summed E-state index contributed by atoms with van der Waals surface area (Å²) in [6, 6.07) is 6.09. The number of carbonyl (C=O) groups excluding carboxylic acids is 1. The fraction of sp³-hybridized carbons (Fsp3) is 0.480. The van der Waals surface area contributed by atoms with Gasteiger partial charge >= 0.3 is 0 Å². The molecule has 0 saturated heterocycles. The summed E-state index contributed by atoms with van der Waals surface area (Å²) in [7, 11) is 0. The first-order valence-corrected chi connectivity index (χ1v) is 12.8. The Labute approximate surface area is 211 Å². The lowest BCUT2D eigenvalue weighted by Crippen LogP contribution is -2.54. The minimum absolute atomic E-state index is 0.0113. The molecule has 10 heteroatoms. The van der Waals surface area contributed by atoms with Crippen molar-refractivity contribution in [1.29, 1.82) is 0 Å². The van der Waals surface area contributed by atoms with E-state index in [1.807, 2.05) is 6.92 Å². The van der Waals surface area contributed by atoms with Gasteiger partial charge in [-0.3, -0.25) is 4.79 Å². The Morgan fingerprint density at radius 1 is 1.17 bits per heavy atom. The van der Waals surface area contributed by atoms with Crippen LogP contribution in [-0.4, -0.2) is 46.2 Å². The smallest absolute Gasteiger partial charge is 0.255 e. The van der Waals surface area contributed by atoms with Gasteiger partial charge in [-0.1, -0.05) is 11.6 Å². The summed E-state index contributed by atoms with van der Waals surface area (Å²) >= 11 is 7.97. The second-order valence-electron chi connectivity index (χ2n) is 9.49. The summed E-state index contributed by atoms with van der Waals surface area (Å²) in [5.74, 6) is -4.71. The lowest BCUT2D eigenvalue weighted by molar-refractivity contribution is -0.0578. The molecule has 0 heterocycles. The first kappa shape index (κ1) is 26.3. The van der Waals surface area contributed by atoms with Gasteiger partial charge in [-0.25, -0.2) is 13.2 Å². The van der Waals surface area contributed by atoms with E-state index in [1.54, 1.807) is 23.9 Å². The maximum Gasteiger partial charge on any atom is 0.255 e. The zero-order valence-electron chi connectivity index (χ0n) is 19.2. The first-order chi connectivity index (χ1) is 16.6. The molecule has 2 bridgehead atoms. The van der Waals surface area contributed by atoms with Crippen LogP contribution >= 0.6 is 23.4 Å². The van der Waals surface area contributed by atoms with Crippen molar-refractivity contribution in [2.45, 2.75) is 54.4 Å². The van der Waals surface area contributed by atoms with Crippen LogP contribution in [0.2, 0.25) is 5.02 Å². The van der Waals surface area contributed by atoms with Gasteiger partial charge in [0.2, 0.25) is 0 Å². The van der Waals surface area contributed by atoms with Gasteiger partial charge in [0.15, 0.2) is 17.5 Å². The highest BCUT2D eigenvalue weighted by Gasteiger charge is 2.53. The number of halogens is 4. The molecule has 2 aliphatic carbocycles. The Bertz CT molecular complexity index is 1070. The van der Waals surface area contributed by atoms with Gasteiger partial charge in [0.25, 0.3) is 5.91 Å². The van der Waals surface area contributed by atoms with Crippen molar-refractivity contribution in [1.82, 2.24) is 5.32 Å². The molecule has 1 amide bonds. The molecule has 4 N–H and O–H groups in total. The molecule has 2 aromatic carbocycles. The number of aliphatic hydroxyl groups is 2. The van der Waals surface area contributed by atoms with E-state index >= 15 is 0 Å². The zero-order chi connectivity index (χ0) is 25.3. The van der Waals surface area contributed by atoms with Crippen molar-refractivity contribution >= 4 is 35.0 Å². The summed E-state index contributed by atoms with van der Waals surface area (Å²) < 4.78 is 40.1. The minimum atomic E-state index is -1.60. The van der Waals surface area contributed by atoms with Crippen LogP contribution in [0.3, 0.4) is 0 Å². The van der Waals surface area contributed by atoms with Crippen molar-refractivity contribution in [3.63, 3.8) is 0 Å². The van der Waals surface area contributed by atoms with Crippen LogP contribution in [0.25, 0.3) is 0 Å². The number of fused-ring (bicyclic) bond motifs is 2. The van der Waals surface area contributed by atoms with Gasteiger partial charge in [-0.2, -0.15) is 0 Å². The molecule has 2 saturated carbocycles. The largest absolute Gasteiger partial charge is 0.395 e. The molecule has 5 nitrogen and oxygen atoms in total. The van der Waals surface area contributed by atoms with Crippen LogP contribution in [0.1, 0.15) is 43.0 Å². The van der Waals surface area contributed by atoms with Gasteiger partial charge in [0, 0.05) is 46.1 Å². The van der Waals surface area contributed by atoms with E-state index in [0.717, 1.165) is 37.8 Å². The Kier molecular flexibility index (Phi) is 8.02. The van der Waals surface area contributed by atoms with Crippen molar-refractivity contribution in [3.8, 4) is 0 Å². The Hall–Kier alpha value is -1.78. The van der Waals surface area contributed by atoms with Gasteiger partial charge in [0.05, 0.1) is 17.2 Å². The number of benzene rings is 2. The van der Waals surface area contributed by atoms with Crippen LogP contribution in [0, 0.1) is 29.3 Å². The van der Waals surface area contributed by atoms with E-state index in [0.29, 0.717) is 16.5 Å². The van der Waals surface area contributed by atoms with Crippen LogP contribution in [0.4, 0.5) is 18.9 Å². The molecule has 0 spiro atoms. The van der Waals surface area contributed by atoms with E-state index in [9.17, 15) is 28.2 Å². The van der Waals surface area contributed by atoms with Gasteiger partial charge in [-0.15, -0.1) is 11.8 Å². The molecule has 4 unspecified atom stereocenters. The number of thioether (sulfide) groups is 1. The summed E-state index contributed by atoms with van der Waals surface area (Å²) in [4.78, 5) is 13.4. The number of nitrogens with one attached hydrogen (secondary N) is 2. The predicted octanol–water partition coefficient (Wildman–Crippen LogP) is 4.99. The number of hydrogen-bond donors (Lipinski definition) is 4. The number of anilines is 1. The summed E-state index contributed by atoms with van der Waals surface area (Å²) in [6.07, 6.45) is 3.48. The number of aliphatic hydroxyl groups excluding tert-OH is 1. The average molecular weight is 529 g/mol. The van der Waals surface area contributed by atoms with E-state index in [2.05, 4.69) is 10.6 Å². The zero-order valence-corrected chi connectivity index (χ0v) is 20.7. The maximum absolute atomic E-state index is 13.5. The second-order valence-corrected chi connectivity index (χ2v) is 11.2. The van der Waals surface area contributed by atoms with E-state index in [4.69, 9.17) is 11.6 Å². The second kappa shape index (κ2) is 10.7. The summed E-state index contributed by atoms with van der Waals surface area (Å²) in [6.45, 7) is 2.33. The van der Waals surface area contributed by atoms with E-state index < -0.39 is 29.0 Å². The molecule has 35 heavy (non-hydrogen) atoms. The molecule has 0 aliphatic heterocycles. The topological polar surface area (TPSA) is 81.6 Å². The van der Waals surface area contributed by atoms with Crippen molar-refractivity contribution < 1.29 is 28.2 Å². The molecule has 5 atom stereocenters. The number of rotatable bonds is 8. The molecular formula is C25H28ClF3N2O3S. The highest BCUT2D eigenvalue weighted by molar-refractivity contribution is 8.00. The van der Waals surface area contributed by atoms with E-state index in [-0.39, 0.29) is 41.0 Å². The molecule has 2 aromatic rings. The van der Waals surface area contributed by atoms with Crippen LogP contribution < -0.4 is 10.6 Å². The Morgan fingerprint density at radius 2 is 1.80 bits per heavy atom. The fourth-order valence-electron chi connectivity index (χ4n) is 5.14. The number of amides is 1. The molecule has 4 rings (SSSR count). The van der Waals surface area contributed by atoms with E-state index in [1.165, 1.54) is 6.07 Å². The highest BCUT2D eigenvalue weighted by Crippen LogP contribution is 2.53. The lowest BCUT2D eigenvalue weighted by Gasteiger charge is -2.43. The fourth-order valence-corrected chi connectivity index (χ4v) is 6.79. The van der Waals surface area contributed by atoms with Gasteiger partial charge < -0.3 is 20.8 Å². The standard InChI is InChI=1S/C25H28ClF3N2O3S/c1-13(11-32)30-12-25(34)15-3-4-16(25)8-18(7-15)35-22-6-14(2-5-19(22)26)24(33)31-17-9-20(27)23(29)21(28)10-17/h2,5-6,9-10,13,15-16,18,30,32,34H,3-4,7-8,11-12H2,1H3,(H,31,33)/t13?,15-,16?,18?,25?/m0/s1. The Morgan fingerprint density at radius 3 is 2.40 bits per heavy atom. The molecule has 0 aromatic heterocycles. The Balaban J connectivity index is 1.43. The normalized spacial score (nSPS) is 26.5. The van der Waals surface area contributed by atoms with Crippen molar-refractivity contribution in [3.05, 3.63) is 58.4 Å². The third kappa shape index (κ3) is 5.64. The molecule has 2 aliphatic rings. The predicted molar refractivity (Wildman–Crippen MR) is 130 cm³/mol. The lowest BCUT2D eigenvalue weighted by atomic mass is 9.74. The molecular weight excluding hydrogens is 501 g/mol. The monoisotopic (exact) mass is 528 g/mol. The summed E-state index contributed by atoms with van der Waals surface area (Å²) in [5, 5.41) is 26.9. The van der Waals surface area contributed by atoms with Crippen LogP contribution in [0.5, 0.6) is 0 Å². The van der Waals surface area contributed by atoms with Crippen LogP contribution in [-0.2, 0) is 0 Å². The van der Waals surface area contributed by atoms with Crippen LogP contribution in [0.15, 0.2) is 35.2 Å². The third-order valence-corrected chi connectivity index (χ3v) is 8.86. The highest BCUT2D eigenvalue weighted by atomic mass is 35.5. The minimum Gasteiger partial charge on any atom is -0.395 e. The van der Waals surface area contributed by atoms with Gasteiger partial charge in [0.1, 0.15) is 0 Å². The average Bonchev–Trinajstić information content (AvgIpc) is 2.98. The third-order valence-electron chi connectivity index (χ3n) is 7.11. The van der Waals surface area contributed by atoms with Gasteiger partial charge in [-0.05, 0) is 62.6 Å².